The number of piperazine rings is 1. The second-order valence-electron chi connectivity index (χ2n) is 5.18. The van der Waals surface area contributed by atoms with Crippen molar-refractivity contribution >= 4 is 24.8 Å². The van der Waals surface area contributed by atoms with Gasteiger partial charge in [-0.25, -0.2) is 0 Å². The topological polar surface area (TPSA) is 24.5 Å². The van der Waals surface area contributed by atoms with Gasteiger partial charge in [0.2, 0.25) is 0 Å². The predicted molar refractivity (Wildman–Crippen MR) is 85.7 cm³/mol. The molecule has 0 aromatic heterocycles. The number of benzene rings is 1. The Morgan fingerprint density at radius 3 is 2.04 bits per heavy atom. The van der Waals surface area contributed by atoms with E-state index in [1.807, 2.05) is 0 Å². The summed E-state index contributed by atoms with van der Waals surface area (Å²) in [5, 5.41) is 2.88. The molecule has 2 rings (SSSR count). The number of nitrogens with one attached hydrogen (secondary N) is 1. The maximum atomic E-state index is 13.5. The minimum Gasteiger partial charge on any atom is -0.497 e. The maximum Gasteiger partial charge on any atom is 0.416 e. The summed E-state index contributed by atoms with van der Waals surface area (Å²) in [6.07, 6.45) is -9.71. The smallest absolute Gasteiger partial charge is 0.416 e. The largest absolute Gasteiger partial charge is 0.497 e. The molecule has 1 atom stereocenters. The summed E-state index contributed by atoms with van der Waals surface area (Å²) in [5.41, 5.74) is -2.12. The van der Waals surface area contributed by atoms with Crippen molar-refractivity contribution in [1.82, 2.24) is 10.2 Å². The monoisotopic (exact) mass is 414 g/mol. The van der Waals surface area contributed by atoms with Crippen LogP contribution in [0.3, 0.4) is 0 Å². The lowest BCUT2D eigenvalue weighted by Crippen LogP contribution is -2.49. The van der Waals surface area contributed by atoms with E-state index < -0.39 is 29.5 Å². The van der Waals surface area contributed by atoms with Crippen LogP contribution in [0.25, 0.3) is 0 Å². The third-order valence-corrected chi connectivity index (χ3v) is 3.69. The second-order valence-corrected chi connectivity index (χ2v) is 5.18. The summed E-state index contributed by atoms with van der Waals surface area (Å²) < 4.78 is 84.8. The van der Waals surface area contributed by atoms with Crippen LogP contribution in [0.2, 0.25) is 0 Å². The van der Waals surface area contributed by atoms with Crippen LogP contribution in [0, 0.1) is 0 Å². The van der Waals surface area contributed by atoms with Crippen molar-refractivity contribution in [3.63, 3.8) is 0 Å². The summed E-state index contributed by atoms with van der Waals surface area (Å²) in [5.74, 6) is -0.137. The van der Waals surface area contributed by atoms with Crippen molar-refractivity contribution in [2.75, 3.05) is 33.3 Å². The fraction of sp³-hybridized carbons (Fsp3) is 0.571. The molecule has 0 radical (unpaired) electrons. The van der Waals surface area contributed by atoms with Crippen LogP contribution >= 0.6 is 24.8 Å². The summed E-state index contributed by atoms with van der Waals surface area (Å²) in [4.78, 5) is 1.02. The lowest BCUT2D eigenvalue weighted by molar-refractivity contribution is -0.190. The summed E-state index contributed by atoms with van der Waals surface area (Å²) >= 11 is 0. The summed E-state index contributed by atoms with van der Waals surface area (Å²) in [6.45, 7) is 0.634. The van der Waals surface area contributed by atoms with Crippen LogP contribution in [0.15, 0.2) is 18.2 Å². The van der Waals surface area contributed by atoms with E-state index in [2.05, 4.69) is 5.32 Å². The zero-order chi connectivity index (χ0) is 17.3. The van der Waals surface area contributed by atoms with Gasteiger partial charge in [0.1, 0.15) is 11.8 Å². The highest BCUT2D eigenvalue weighted by atomic mass is 35.5. The van der Waals surface area contributed by atoms with E-state index in [0.717, 1.165) is 24.1 Å². The van der Waals surface area contributed by atoms with Crippen molar-refractivity contribution < 1.29 is 31.1 Å². The van der Waals surface area contributed by atoms with Gasteiger partial charge in [0, 0.05) is 26.2 Å². The number of methoxy groups -OCH3 is 1. The Balaban J connectivity index is 0.00000288. The van der Waals surface area contributed by atoms with E-state index in [9.17, 15) is 26.3 Å². The molecule has 1 aromatic rings. The van der Waals surface area contributed by atoms with Gasteiger partial charge in [0.25, 0.3) is 0 Å². The normalized spacial score (nSPS) is 17.2. The van der Waals surface area contributed by atoms with Crippen molar-refractivity contribution in [2.45, 2.75) is 18.4 Å². The number of halogens is 8. The molecule has 1 saturated heterocycles. The van der Waals surface area contributed by atoms with E-state index in [1.165, 1.54) is 0 Å². The lowest BCUT2D eigenvalue weighted by atomic mass is 9.97. The predicted octanol–water partition coefficient (Wildman–Crippen LogP) is 4.07. The van der Waals surface area contributed by atoms with E-state index in [-0.39, 0.29) is 43.7 Å². The average molecular weight is 415 g/mol. The Morgan fingerprint density at radius 2 is 1.60 bits per heavy atom. The number of alkyl halides is 6. The van der Waals surface area contributed by atoms with Gasteiger partial charge < -0.3 is 10.1 Å². The number of hydrogen-bond donors (Lipinski definition) is 1. The van der Waals surface area contributed by atoms with E-state index in [4.69, 9.17) is 4.74 Å². The van der Waals surface area contributed by atoms with Crippen molar-refractivity contribution in [3.05, 3.63) is 29.3 Å². The summed E-state index contributed by atoms with van der Waals surface area (Å²) in [6, 6.07) is 0.274. The second kappa shape index (κ2) is 9.16. The molecule has 11 heteroatoms. The minimum atomic E-state index is -4.90. The number of rotatable bonds is 3. The van der Waals surface area contributed by atoms with Crippen LogP contribution in [-0.2, 0) is 6.18 Å². The van der Waals surface area contributed by atoms with E-state index >= 15 is 0 Å². The highest BCUT2D eigenvalue weighted by molar-refractivity contribution is 5.85. The van der Waals surface area contributed by atoms with Crippen LogP contribution < -0.4 is 10.1 Å². The molecule has 0 amide bonds. The molecular weight excluding hydrogens is 397 g/mol. The zero-order valence-corrected chi connectivity index (χ0v) is 14.7. The highest BCUT2D eigenvalue weighted by Crippen LogP contribution is 2.44. The average Bonchev–Trinajstić information content (AvgIpc) is 2.46. The standard InChI is InChI=1S/C14H16F6N2O.2ClH/c1-23-9-2-3-10(11(8-9)13(15,16)17)12(14(18,19)20)22-6-4-21-5-7-22;;/h2-3,8,12,21H,4-7H2,1H3;2*1H/t12-;;/m1../s1. The Labute approximate surface area is 153 Å². The summed E-state index contributed by atoms with van der Waals surface area (Å²) in [7, 11) is 1.16. The first-order chi connectivity index (χ1) is 10.6. The van der Waals surface area contributed by atoms with Gasteiger partial charge in [-0.2, -0.15) is 26.3 Å². The Bertz CT molecular complexity index is 547. The molecule has 25 heavy (non-hydrogen) atoms. The van der Waals surface area contributed by atoms with Gasteiger partial charge in [0.15, 0.2) is 0 Å². The molecule has 1 heterocycles. The molecule has 1 aliphatic heterocycles. The lowest BCUT2D eigenvalue weighted by Gasteiger charge is -2.37. The molecule has 146 valence electrons. The third kappa shape index (κ3) is 5.80. The molecule has 1 aromatic carbocycles. The molecule has 0 aliphatic carbocycles. The molecule has 1 N–H and O–H groups in total. The Hall–Kier alpha value is -0.900. The molecule has 0 bridgehead atoms. The first kappa shape index (κ1) is 24.1. The van der Waals surface area contributed by atoms with E-state index in [1.54, 1.807) is 0 Å². The number of ether oxygens (including phenoxy) is 1. The fourth-order valence-electron chi connectivity index (χ4n) is 2.67. The van der Waals surface area contributed by atoms with E-state index in [0.29, 0.717) is 19.2 Å². The Kier molecular flexibility index (Phi) is 8.83. The van der Waals surface area contributed by atoms with Crippen molar-refractivity contribution in [1.29, 1.82) is 0 Å². The van der Waals surface area contributed by atoms with Crippen molar-refractivity contribution in [2.24, 2.45) is 0 Å². The molecule has 0 saturated carbocycles. The van der Waals surface area contributed by atoms with Crippen molar-refractivity contribution in [3.8, 4) is 5.75 Å². The quantitative estimate of drug-likeness (QED) is 0.754. The molecular formula is C14H18Cl2F6N2O. The van der Waals surface area contributed by atoms with Gasteiger partial charge in [-0.15, -0.1) is 24.8 Å². The van der Waals surface area contributed by atoms with Gasteiger partial charge >= 0.3 is 12.4 Å². The first-order valence-corrected chi connectivity index (χ1v) is 6.91. The van der Waals surface area contributed by atoms with Crippen LogP contribution in [-0.4, -0.2) is 44.4 Å². The zero-order valence-electron chi connectivity index (χ0n) is 13.1. The van der Waals surface area contributed by atoms with Crippen LogP contribution in [0.5, 0.6) is 5.75 Å². The van der Waals surface area contributed by atoms with Gasteiger partial charge in [-0.05, 0) is 17.7 Å². The van der Waals surface area contributed by atoms with Crippen LogP contribution in [0.1, 0.15) is 17.2 Å². The van der Waals surface area contributed by atoms with Gasteiger partial charge in [-0.3, -0.25) is 4.90 Å². The number of nitrogens with zero attached hydrogens (tertiary/aromatic N) is 1. The number of hydrogen-bond acceptors (Lipinski definition) is 3. The van der Waals surface area contributed by atoms with Gasteiger partial charge in [0.05, 0.1) is 12.7 Å². The minimum absolute atomic E-state index is 0. The molecule has 1 aliphatic rings. The molecule has 3 nitrogen and oxygen atoms in total. The van der Waals surface area contributed by atoms with Crippen LogP contribution in [0.4, 0.5) is 26.3 Å². The first-order valence-electron chi connectivity index (χ1n) is 6.91. The maximum absolute atomic E-state index is 13.5. The highest BCUT2D eigenvalue weighted by Gasteiger charge is 2.48. The fourth-order valence-corrected chi connectivity index (χ4v) is 2.67. The Morgan fingerprint density at radius 1 is 1.04 bits per heavy atom. The molecule has 1 fully saturated rings. The SMILES string of the molecule is COc1ccc([C@@H](N2CCNCC2)C(F)(F)F)c(C(F)(F)F)c1.Cl.Cl. The molecule has 0 spiro atoms. The van der Waals surface area contributed by atoms with Gasteiger partial charge in [-0.1, -0.05) is 6.07 Å². The molecule has 0 unspecified atom stereocenters. The third-order valence-electron chi connectivity index (χ3n) is 3.69.